The van der Waals surface area contributed by atoms with Crippen molar-refractivity contribution >= 4 is 11.7 Å². The normalized spacial score (nSPS) is 16.7. The van der Waals surface area contributed by atoms with Crippen molar-refractivity contribution in [1.29, 1.82) is 0 Å². The van der Waals surface area contributed by atoms with Crippen LogP contribution in [0.3, 0.4) is 0 Å². The van der Waals surface area contributed by atoms with Gasteiger partial charge in [-0.3, -0.25) is 9.59 Å². The summed E-state index contributed by atoms with van der Waals surface area (Å²) < 4.78 is 51.6. The molecule has 0 saturated carbocycles. The zero-order valence-corrected chi connectivity index (χ0v) is 16.5. The number of nitrogens with zero attached hydrogens (tertiary/aromatic N) is 1. The molecule has 2 aliphatic rings. The molecule has 2 aliphatic heterocycles. The van der Waals surface area contributed by atoms with Gasteiger partial charge in [-0.15, -0.1) is 13.2 Å². The number of fused-ring (bicyclic) bond motifs is 1. The number of piperidine rings is 1. The molecule has 2 heterocycles. The lowest BCUT2D eigenvalue weighted by molar-refractivity contribution is -0.274. The van der Waals surface area contributed by atoms with Crippen molar-refractivity contribution in [2.45, 2.75) is 19.2 Å². The second kappa shape index (κ2) is 8.49. The summed E-state index contributed by atoms with van der Waals surface area (Å²) in [6, 6.07) is 9.97. The predicted octanol–water partition coefficient (Wildman–Crippen LogP) is 4.09. The zero-order chi connectivity index (χ0) is 22.0. The molecule has 0 unspecified atom stereocenters. The standard InChI is InChI=1S/C22H20F3NO5/c23-22(24,25)31-17-4-1-15(2-5-17)21(28)26-9-7-14(8-10-26)20(27)16-3-6-18-19(13-16)30-12-11-29-18/h1-6,13-14H,7-12H2. The first-order chi connectivity index (χ1) is 14.8. The Kier molecular flexibility index (Phi) is 5.75. The lowest BCUT2D eigenvalue weighted by Gasteiger charge is -2.31. The fraction of sp³-hybridized carbons (Fsp3) is 0.364. The van der Waals surface area contributed by atoms with Gasteiger partial charge in [-0.25, -0.2) is 0 Å². The highest BCUT2D eigenvalue weighted by Crippen LogP contribution is 2.33. The van der Waals surface area contributed by atoms with E-state index in [1.807, 2.05) is 0 Å². The highest BCUT2D eigenvalue weighted by atomic mass is 19.4. The number of hydrogen-bond acceptors (Lipinski definition) is 5. The fourth-order valence-corrected chi connectivity index (χ4v) is 3.76. The van der Waals surface area contributed by atoms with Crippen molar-refractivity contribution in [3.8, 4) is 17.2 Å². The number of hydrogen-bond donors (Lipinski definition) is 0. The number of ketones is 1. The molecule has 4 rings (SSSR count). The van der Waals surface area contributed by atoms with Crippen LogP contribution in [0.25, 0.3) is 0 Å². The third-order valence-electron chi connectivity index (χ3n) is 5.31. The van der Waals surface area contributed by atoms with Gasteiger partial charge in [0.2, 0.25) is 0 Å². The highest BCUT2D eigenvalue weighted by Gasteiger charge is 2.32. The number of likely N-dealkylation sites (tertiary alicyclic amines) is 1. The summed E-state index contributed by atoms with van der Waals surface area (Å²) in [5, 5.41) is 0. The molecule has 0 bridgehead atoms. The van der Waals surface area contributed by atoms with E-state index in [0.717, 1.165) is 12.1 Å². The Balaban J connectivity index is 1.35. The largest absolute Gasteiger partial charge is 0.573 e. The molecule has 1 amide bonds. The monoisotopic (exact) mass is 435 g/mol. The van der Waals surface area contributed by atoms with Crippen LogP contribution in [-0.4, -0.2) is 49.3 Å². The zero-order valence-electron chi connectivity index (χ0n) is 16.5. The van der Waals surface area contributed by atoms with Gasteiger partial charge in [0.15, 0.2) is 17.3 Å². The number of amides is 1. The van der Waals surface area contributed by atoms with Crippen LogP contribution in [0.5, 0.6) is 17.2 Å². The molecule has 0 spiro atoms. The van der Waals surface area contributed by atoms with Gasteiger partial charge in [0.1, 0.15) is 19.0 Å². The van der Waals surface area contributed by atoms with E-state index in [2.05, 4.69) is 4.74 Å². The average Bonchev–Trinajstić information content (AvgIpc) is 2.77. The average molecular weight is 435 g/mol. The molecule has 1 fully saturated rings. The number of ether oxygens (including phenoxy) is 3. The van der Waals surface area contributed by atoms with Crippen LogP contribution in [0.2, 0.25) is 0 Å². The second-order valence-corrected chi connectivity index (χ2v) is 7.36. The molecule has 2 aromatic carbocycles. The first-order valence-corrected chi connectivity index (χ1v) is 9.89. The van der Waals surface area contributed by atoms with E-state index in [0.29, 0.717) is 56.2 Å². The van der Waals surface area contributed by atoms with E-state index in [-0.39, 0.29) is 28.9 Å². The van der Waals surface area contributed by atoms with Gasteiger partial charge in [-0.2, -0.15) is 0 Å². The fourth-order valence-electron chi connectivity index (χ4n) is 3.76. The third kappa shape index (κ3) is 4.92. The van der Waals surface area contributed by atoms with E-state index in [4.69, 9.17) is 9.47 Å². The quantitative estimate of drug-likeness (QED) is 0.677. The smallest absolute Gasteiger partial charge is 0.486 e. The SMILES string of the molecule is O=C(c1ccc2c(c1)OCCO2)C1CCN(C(=O)c2ccc(OC(F)(F)F)cc2)CC1. The molecule has 0 aromatic heterocycles. The van der Waals surface area contributed by atoms with Crippen LogP contribution in [0, 0.1) is 5.92 Å². The van der Waals surface area contributed by atoms with Crippen LogP contribution >= 0.6 is 0 Å². The van der Waals surface area contributed by atoms with Crippen LogP contribution in [-0.2, 0) is 0 Å². The van der Waals surface area contributed by atoms with Crippen molar-refractivity contribution in [2.24, 2.45) is 5.92 Å². The molecule has 31 heavy (non-hydrogen) atoms. The molecule has 0 atom stereocenters. The van der Waals surface area contributed by atoms with Gasteiger partial charge in [-0.1, -0.05) is 0 Å². The lowest BCUT2D eigenvalue weighted by Crippen LogP contribution is -2.40. The van der Waals surface area contributed by atoms with E-state index in [9.17, 15) is 22.8 Å². The highest BCUT2D eigenvalue weighted by molar-refractivity contribution is 5.99. The molecule has 0 radical (unpaired) electrons. The van der Waals surface area contributed by atoms with E-state index >= 15 is 0 Å². The Hall–Kier alpha value is -3.23. The minimum atomic E-state index is -4.78. The topological polar surface area (TPSA) is 65.1 Å². The Morgan fingerprint density at radius 1 is 0.903 bits per heavy atom. The molecular formula is C22H20F3NO5. The maximum Gasteiger partial charge on any atom is 0.573 e. The van der Waals surface area contributed by atoms with Crippen molar-refractivity contribution in [2.75, 3.05) is 26.3 Å². The summed E-state index contributed by atoms with van der Waals surface area (Å²) >= 11 is 0. The Morgan fingerprint density at radius 3 is 2.16 bits per heavy atom. The first kappa shape index (κ1) is 21.0. The van der Waals surface area contributed by atoms with Crippen LogP contribution < -0.4 is 14.2 Å². The third-order valence-corrected chi connectivity index (χ3v) is 5.31. The first-order valence-electron chi connectivity index (χ1n) is 9.89. The van der Waals surface area contributed by atoms with Gasteiger partial charge in [0.05, 0.1) is 0 Å². The van der Waals surface area contributed by atoms with Crippen molar-refractivity contribution in [1.82, 2.24) is 4.90 Å². The number of halogens is 3. The number of Topliss-reactive ketones (excluding diaryl/α,β-unsaturated/α-hetero) is 1. The van der Waals surface area contributed by atoms with Crippen LogP contribution in [0.15, 0.2) is 42.5 Å². The predicted molar refractivity (Wildman–Crippen MR) is 104 cm³/mol. The molecule has 2 aromatic rings. The van der Waals surface area contributed by atoms with Crippen molar-refractivity contribution < 1.29 is 37.0 Å². The molecule has 6 nitrogen and oxygen atoms in total. The summed E-state index contributed by atoms with van der Waals surface area (Å²) in [5.41, 5.74) is 0.820. The Bertz CT molecular complexity index is 966. The summed E-state index contributed by atoms with van der Waals surface area (Å²) in [6.45, 7) is 1.69. The summed E-state index contributed by atoms with van der Waals surface area (Å²) in [4.78, 5) is 27.1. The molecule has 9 heteroatoms. The maximum absolute atomic E-state index is 12.9. The van der Waals surface area contributed by atoms with Crippen molar-refractivity contribution in [3.63, 3.8) is 0 Å². The van der Waals surface area contributed by atoms with Gasteiger partial charge >= 0.3 is 6.36 Å². The minimum absolute atomic E-state index is 0.00211. The van der Waals surface area contributed by atoms with Crippen LogP contribution in [0.1, 0.15) is 33.6 Å². The van der Waals surface area contributed by atoms with Crippen LogP contribution in [0.4, 0.5) is 13.2 Å². The number of rotatable bonds is 4. The van der Waals surface area contributed by atoms with E-state index in [1.54, 1.807) is 23.1 Å². The number of carbonyl (C=O) groups excluding carboxylic acids is 2. The molecule has 0 aliphatic carbocycles. The number of benzene rings is 2. The number of carbonyl (C=O) groups is 2. The molecule has 164 valence electrons. The summed E-state index contributed by atoms with van der Waals surface area (Å²) in [6.07, 6.45) is -3.76. The second-order valence-electron chi connectivity index (χ2n) is 7.36. The lowest BCUT2D eigenvalue weighted by atomic mass is 9.88. The van der Waals surface area contributed by atoms with Gasteiger partial charge in [0.25, 0.3) is 5.91 Å². The van der Waals surface area contributed by atoms with Gasteiger partial charge < -0.3 is 19.1 Å². The summed E-state index contributed by atoms with van der Waals surface area (Å²) in [5.74, 6) is 0.293. The maximum atomic E-state index is 12.9. The van der Waals surface area contributed by atoms with Gasteiger partial charge in [0, 0.05) is 30.1 Å². The Morgan fingerprint density at radius 2 is 1.52 bits per heavy atom. The minimum Gasteiger partial charge on any atom is -0.486 e. The molecular weight excluding hydrogens is 415 g/mol. The van der Waals surface area contributed by atoms with E-state index < -0.39 is 6.36 Å². The molecule has 1 saturated heterocycles. The van der Waals surface area contributed by atoms with E-state index in [1.165, 1.54) is 12.1 Å². The van der Waals surface area contributed by atoms with Crippen molar-refractivity contribution in [3.05, 3.63) is 53.6 Å². The number of alkyl halides is 3. The Labute approximate surface area is 176 Å². The van der Waals surface area contributed by atoms with Gasteiger partial charge in [-0.05, 0) is 55.3 Å². The molecule has 0 N–H and O–H groups in total. The summed E-state index contributed by atoms with van der Waals surface area (Å²) in [7, 11) is 0.